The summed E-state index contributed by atoms with van der Waals surface area (Å²) < 4.78 is 5.81. The molecule has 5 unspecified atom stereocenters. The maximum Gasteiger partial charge on any atom is 0.107 e. The lowest BCUT2D eigenvalue weighted by molar-refractivity contribution is -0.149. The molecule has 23 heavy (non-hydrogen) atoms. The van der Waals surface area contributed by atoms with Crippen molar-refractivity contribution in [2.75, 3.05) is 13.2 Å². The summed E-state index contributed by atoms with van der Waals surface area (Å²) in [4.78, 5) is 0. The topological polar surface area (TPSA) is 53.6 Å². The van der Waals surface area contributed by atoms with E-state index in [2.05, 4.69) is 19.9 Å². The van der Waals surface area contributed by atoms with Gasteiger partial charge in [0.15, 0.2) is 0 Å². The fourth-order valence-electron chi connectivity index (χ4n) is 6.76. The summed E-state index contributed by atoms with van der Waals surface area (Å²) >= 11 is 0. The van der Waals surface area contributed by atoms with Crippen molar-refractivity contribution in [3.8, 4) is 0 Å². The van der Waals surface area contributed by atoms with Crippen molar-refractivity contribution in [2.45, 2.75) is 58.3 Å². The first kappa shape index (κ1) is 15.7. The normalized spacial score (nSPS) is 41.7. The van der Waals surface area contributed by atoms with Gasteiger partial charge >= 0.3 is 0 Å². The van der Waals surface area contributed by atoms with Crippen LogP contribution in [0.25, 0.3) is 0 Å². The third kappa shape index (κ3) is 2.02. The molecule has 2 fully saturated rings. The minimum Gasteiger partial charge on any atom is -0.469 e. The summed E-state index contributed by atoms with van der Waals surface area (Å²) in [6.07, 6.45) is 8.58. The number of fused-ring (bicyclic) bond motifs is 4. The van der Waals surface area contributed by atoms with Crippen LogP contribution in [0.2, 0.25) is 0 Å². The highest BCUT2D eigenvalue weighted by Crippen LogP contribution is 2.64. The van der Waals surface area contributed by atoms with E-state index in [0.29, 0.717) is 17.8 Å². The number of rotatable bonds is 2. The molecule has 3 aliphatic rings. The molecule has 2 N–H and O–H groups in total. The van der Waals surface area contributed by atoms with Crippen LogP contribution in [-0.4, -0.2) is 23.4 Å². The van der Waals surface area contributed by atoms with Gasteiger partial charge in [-0.25, -0.2) is 0 Å². The van der Waals surface area contributed by atoms with Crippen molar-refractivity contribution in [3.63, 3.8) is 0 Å². The van der Waals surface area contributed by atoms with Gasteiger partial charge in [0.2, 0.25) is 0 Å². The quantitative estimate of drug-likeness (QED) is 0.873. The van der Waals surface area contributed by atoms with Gasteiger partial charge in [0.25, 0.3) is 0 Å². The van der Waals surface area contributed by atoms with E-state index in [1.807, 2.05) is 6.26 Å². The minimum absolute atomic E-state index is 0.128. The van der Waals surface area contributed by atoms with Gasteiger partial charge in [-0.1, -0.05) is 20.3 Å². The van der Waals surface area contributed by atoms with Crippen LogP contribution in [0.1, 0.15) is 63.2 Å². The molecule has 4 rings (SSSR count). The number of aliphatic hydroxyl groups is 2. The average molecular weight is 318 g/mol. The maximum absolute atomic E-state index is 10.1. The van der Waals surface area contributed by atoms with E-state index < -0.39 is 0 Å². The minimum atomic E-state index is -0.273. The fraction of sp³-hybridized carbons (Fsp3) is 0.800. The van der Waals surface area contributed by atoms with E-state index in [0.717, 1.165) is 31.6 Å². The van der Waals surface area contributed by atoms with Crippen molar-refractivity contribution < 1.29 is 14.6 Å². The fourth-order valence-corrected chi connectivity index (χ4v) is 6.76. The first-order valence-corrected chi connectivity index (χ1v) is 9.34. The third-order valence-corrected chi connectivity index (χ3v) is 8.03. The average Bonchev–Trinajstić information content (AvgIpc) is 3.03. The van der Waals surface area contributed by atoms with Crippen molar-refractivity contribution in [1.29, 1.82) is 0 Å². The molecule has 5 atom stereocenters. The Kier molecular flexibility index (Phi) is 3.66. The van der Waals surface area contributed by atoms with E-state index in [1.54, 1.807) is 0 Å². The molecule has 0 bridgehead atoms. The van der Waals surface area contributed by atoms with Crippen LogP contribution in [0.3, 0.4) is 0 Å². The maximum atomic E-state index is 10.1. The van der Waals surface area contributed by atoms with Gasteiger partial charge in [0, 0.05) is 11.8 Å². The molecule has 3 aliphatic carbocycles. The van der Waals surface area contributed by atoms with Gasteiger partial charge in [-0.15, -0.1) is 0 Å². The molecule has 0 spiro atoms. The smallest absolute Gasteiger partial charge is 0.107 e. The summed E-state index contributed by atoms with van der Waals surface area (Å²) in [5, 5.41) is 20.2. The standard InChI is InChI=1S/C20H30O3/c1-13-14-4-5-18-19(2,7-3-8-20(18,11-21)12-22)16(14)10-17-15(13)6-9-23-17/h6,9,13-14,16,18,21-22H,3-5,7-8,10-12H2,1-2H3. The Morgan fingerprint density at radius 3 is 2.74 bits per heavy atom. The highest BCUT2D eigenvalue weighted by Gasteiger charge is 2.59. The van der Waals surface area contributed by atoms with Crippen LogP contribution in [0.15, 0.2) is 16.7 Å². The number of hydrogen-bond donors (Lipinski definition) is 2. The second-order valence-corrected chi connectivity index (χ2v) is 8.73. The van der Waals surface area contributed by atoms with Crippen LogP contribution in [0.4, 0.5) is 0 Å². The molecule has 1 aromatic rings. The Morgan fingerprint density at radius 2 is 2.00 bits per heavy atom. The van der Waals surface area contributed by atoms with E-state index in [4.69, 9.17) is 4.42 Å². The van der Waals surface area contributed by atoms with Crippen LogP contribution >= 0.6 is 0 Å². The molecule has 1 aromatic heterocycles. The molecule has 0 radical (unpaired) electrons. The Hall–Kier alpha value is -0.800. The summed E-state index contributed by atoms with van der Waals surface area (Å²) in [5.74, 6) is 3.52. The van der Waals surface area contributed by atoms with Crippen molar-refractivity contribution in [2.24, 2.45) is 28.6 Å². The van der Waals surface area contributed by atoms with Gasteiger partial charge in [-0.05, 0) is 66.4 Å². The largest absolute Gasteiger partial charge is 0.469 e. The molecule has 3 nitrogen and oxygen atoms in total. The molecule has 3 heteroatoms. The van der Waals surface area contributed by atoms with Crippen LogP contribution < -0.4 is 0 Å². The summed E-state index contributed by atoms with van der Waals surface area (Å²) in [6.45, 7) is 5.06. The van der Waals surface area contributed by atoms with Gasteiger partial charge in [0.1, 0.15) is 5.76 Å². The summed E-state index contributed by atoms with van der Waals surface area (Å²) in [5.41, 5.74) is 1.36. The third-order valence-electron chi connectivity index (χ3n) is 8.03. The highest BCUT2D eigenvalue weighted by molar-refractivity contribution is 5.28. The molecule has 0 amide bonds. The molecule has 1 heterocycles. The van der Waals surface area contributed by atoms with Gasteiger partial charge in [0.05, 0.1) is 19.5 Å². The van der Waals surface area contributed by atoms with Crippen LogP contribution in [0, 0.1) is 28.6 Å². The van der Waals surface area contributed by atoms with Crippen molar-refractivity contribution in [3.05, 3.63) is 23.7 Å². The van der Waals surface area contributed by atoms with Crippen molar-refractivity contribution in [1.82, 2.24) is 0 Å². The predicted octanol–water partition coefficient (Wildman–Crippen LogP) is 3.74. The Balaban J connectivity index is 1.74. The predicted molar refractivity (Wildman–Crippen MR) is 89.1 cm³/mol. The number of hydrogen-bond acceptors (Lipinski definition) is 3. The summed E-state index contributed by atoms with van der Waals surface area (Å²) in [7, 11) is 0. The lowest BCUT2D eigenvalue weighted by atomic mass is 9.43. The molecule has 0 aromatic carbocycles. The second-order valence-electron chi connectivity index (χ2n) is 8.73. The zero-order chi connectivity index (χ0) is 16.2. The zero-order valence-corrected chi connectivity index (χ0v) is 14.4. The zero-order valence-electron chi connectivity index (χ0n) is 14.4. The van der Waals surface area contributed by atoms with E-state index in [1.165, 1.54) is 24.2 Å². The van der Waals surface area contributed by atoms with Gasteiger partial charge < -0.3 is 14.6 Å². The first-order valence-electron chi connectivity index (χ1n) is 9.34. The van der Waals surface area contributed by atoms with E-state index in [-0.39, 0.29) is 24.0 Å². The monoisotopic (exact) mass is 318 g/mol. The highest BCUT2D eigenvalue weighted by atomic mass is 16.3. The number of aliphatic hydroxyl groups excluding tert-OH is 2. The lowest BCUT2D eigenvalue weighted by Gasteiger charge is -2.61. The van der Waals surface area contributed by atoms with E-state index >= 15 is 0 Å². The Morgan fingerprint density at radius 1 is 1.22 bits per heavy atom. The lowest BCUT2D eigenvalue weighted by Crippen LogP contribution is -2.57. The molecular weight excluding hydrogens is 288 g/mol. The molecule has 0 saturated heterocycles. The first-order chi connectivity index (χ1) is 11.1. The molecule has 128 valence electrons. The SMILES string of the molecule is CC1c2ccoc2CC2C1CCC1C(CO)(CO)CCCC21C. The van der Waals surface area contributed by atoms with Gasteiger partial charge in [-0.3, -0.25) is 0 Å². The molecular formula is C20H30O3. The van der Waals surface area contributed by atoms with E-state index in [9.17, 15) is 10.2 Å². The molecule has 2 saturated carbocycles. The second kappa shape index (κ2) is 5.35. The number of furan rings is 1. The van der Waals surface area contributed by atoms with Crippen LogP contribution in [-0.2, 0) is 6.42 Å². The molecule has 0 aliphatic heterocycles. The van der Waals surface area contributed by atoms with Crippen molar-refractivity contribution >= 4 is 0 Å². The van der Waals surface area contributed by atoms with Crippen LogP contribution in [0.5, 0.6) is 0 Å². The Labute approximate surface area is 139 Å². The van der Waals surface area contributed by atoms with Gasteiger partial charge in [-0.2, -0.15) is 0 Å². The summed E-state index contributed by atoms with van der Waals surface area (Å²) in [6, 6.07) is 2.16. The Bertz CT molecular complexity index is 573.